The number of thiazole rings is 1. The van der Waals surface area contributed by atoms with E-state index in [1.807, 2.05) is 54.6 Å². The van der Waals surface area contributed by atoms with E-state index in [0.29, 0.717) is 6.54 Å². The van der Waals surface area contributed by atoms with Gasteiger partial charge in [0.05, 0.1) is 10.2 Å². The quantitative estimate of drug-likeness (QED) is 0.804. The molecule has 2 aromatic carbocycles. The Morgan fingerprint density at radius 3 is 2.57 bits per heavy atom. The minimum atomic E-state index is -0.162. The molecule has 106 valence electrons. The molecule has 3 rings (SSSR count). The summed E-state index contributed by atoms with van der Waals surface area (Å²) in [5.74, 6) is -0.162. The Bertz CT molecular complexity index is 821. The van der Waals surface area contributed by atoms with E-state index in [0.717, 1.165) is 27.1 Å². The van der Waals surface area contributed by atoms with Crippen LogP contribution in [-0.4, -0.2) is 10.5 Å². The molecular weight excluding hydrogens is 284 g/mol. The molecule has 21 heavy (non-hydrogen) atoms. The number of amides is 1. The first-order chi connectivity index (χ1) is 10.2. The smallest absolute Gasteiger partial charge is 0.308 e. The van der Waals surface area contributed by atoms with Crippen molar-refractivity contribution in [3.8, 4) is 0 Å². The standard InChI is InChI=1S/C16H14N2O2S/c19-15(17-10-12-6-2-1-3-7-12)11-18-13-8-4-5-9-14(13)21-16(18)20/h1-9H,10-11H2,(H,17,19). The van der Waals surface area contributed by atoms with Gasteiger partial charge in [0.1, 0.15) is 6.54 Å². The number of carbonyl (C=O) groups excluding carboxylic acids is 1. The van der Waals surface area contributed by atoms with Gasteiger partial charge in [-0.25, -0.2) is 0 Å². The van der Waals surface area contributed by atoms with E-state index in [1.54, 1.807) is 0 Å². The van der Waals surface area contributed by atoms with E-state index < -0.39 is 0 Å². The van der Waals surface area contributed by atoms with Gasteiger partial charge in [-0.2, -0.15) is 0 Å². The molecule has 0 bridgehead atoms. The Hall–Kier alpha value is -2.40. The number of carbonyl (C=O) groups is 1. The van der Waals surface area contributed by atoms with Crippen molar-refractivity contribution in [3.05, 3.63) is 69.8 Å². The van der Waals surface area contributed by atoms with Crippen LogP contribution in [0.25, 0.3) is 10.2 Å². The van der Waals surface area contributed by atoms with Gasteiger partial charge in [-0.3, -0.25) is 14.2 Å². The number of aromatic nitrogens is 1. The Balaban J connectivity index is 1.72. The topological polar surface area (TPSA) is 51.1 Å². The molecule has 5 heteroatoms. The monoisotopic (exact) mass is 298 g/mol. The highest BCUT2D eigenvalue weighted by Crippen LogP contribution is 2.16. The van der Waals surface area contributed by atoms with Crippen LogP contribution in [0.3, 0.4) is 0 Å². The van der Waals surface area contributed by atoms with Crippen molar-refractivity contribution in [2.24, 2.45) is 0 Å². The lowest BCUT2D eigenvalue weighted by atomic mass is 10.2. The lowest BCUT2D eigenvalue weighted by Gasteiger charge is -2.06. The first-order valence-corrected chi connectivity index (χ1v) is 7.45. The molecule has 0 spiro atoms. The molecular formula is C16H14N2O2S. The zero-order chi connectivity index (χ0) is 14.7. The normalized spacial score (nSPS) is 10.7. The van der Waals surface area contributed by atoms with E-state index in [4.69, 9.17) is 0 Å². The van der Waals surface area contributed by atoms with Crippen molar-refractivity contribution in [2.45, 2.75) is 13.1 Å². The van der Waals surface area contributed by atoms with Crippen molar-refractivity contribution < 1.29 is 4.79 Å². The second kappa shape index (κ2) is 5.93. The Morgan fingerprint density at radius 1 is 1.05 bits per heavy atom. The fourth-order valence-corrected chi connectivity index (χ4v) is 3.05. The average molecular weight is 298 g/mol. The van der Waals surface area contributed by atoms with Crippen molar-refractivity contribution in [1.29, 1.82) is 0 Å². The molecule has 0 atom stereocenters. The number of hydrogen-bond donors (Lipinski definition) is 1. The number of para-hydroxylation sites is 1. The van der Waals surface area contributed by atoms with Gasteiger partial charge in [0, 0.05) is 6.54 Å². The number of rotatable bonds is 4. The summed E-state index contributed by atoms with van der Waals surface area (Å²) >= 11 is 1.16. The second-order valence-corrected chi connectivity index (χ2v) is 5.68. The highest BCUT2D eigenvalue weighted by atomic mass is 32.1. The molecule has 0 aliphatic rings. The zero-order valence-corrected chi connectivity index (χ0v) is 12.1. The van der Waals surface area contributed by atoms with E-state index in [2.05, 4.69) is 5.32 Å². The first-order valence-electron chi connectivity index (χ1n) is 6.63. The molecule has 0 aliphatic heterocycles. The number of nitrogens with zero attached hydrogens (tertiary/aromatic N) is 1. The largest absolute Gasteiger partial charge is 0.350 e. The summed E-state index contributed by atoms with van der Waals surface area (Å²) < 4.78 is 2.42. The zero-order valence-electron chi connectivity index (χ0n) is 11.3. The SMILES string of the molecule is O=C(Cn1c(=O)sc2ccccc21)NCc1ccccc1. The van der Waals surface area contributed by atoms with Gasteiger partial charge >= 0.3 is 4.87 Å². The fraction of sp³-hybridized carbons (Fsp3) is 0.125. The maximum Gasteiger partial charge on any atom is 0.308 e. The molecule has 0 unspecified atom stereocenters. The molecule has 1 aromatic heterocycles. The van der Waals surface area contributed by atoms with Crippen LogP contribution in [0.1, 0.15) is 5.56 Å². The molecule has 0 fully saturated rings. The van der Waals surface area contributed by atoms with Crippen LogP contribution in [0.15, 0.2) is 59.4 Å². The van der Waals surface area contributed by atoms with Gasteiger partial charge in [0.25, 0.3) is 0 Å². The number of nitrogens with one attached hydrogen (secondary N) is 1. The fourth-order valence-electron chi connectivity index (χ4n) is 2.16. The minimum absolute atomic E-state index is 0.0513. The summed E-state index contributed by atoms with van der Waals surface area (Å²) in [4.78, 5) is 23.9. The molecule has 0 saturated carbocycles. The predicted octanol–water partition coefficient (Wildman–Crippen LogP) is 2.38. The maximum absolute atomic E-state index is 12.0. The van der Waals surface area contributed by atoms with Gasteiger partial charge in [-0.05, 0) is 17.7 Å². The Morgan fingerprint density at radius 2 is 1.76 bits per heavy atom. The molecule has 0 aliphatic carbocycles. The molecule has 1 N–H and O–H groups in total. The third-order valence-electron chi connectivity index (χ3n) is 3.21. The van der Waals surface area contributed by atoms with E-state index in [1.165, 1.54) is 4.57 Å². The van der Waals surface area contributed by atoms with Crippen LogP contribution in [0.5, 0.6) is 0 Å². The van der Waals surface area contributed by atoms with Crippen LogP contribution in [0.4, 0.5) is 0 Å². The van der Waals surface area contributed by atoms with Crippen molar-refractivity contribution >= 4 is 27.5 Å². The van der Waals surface area contributed by atoms with Crippen LogP contribution in [-0.2, 0) is 17.9 Å². The Kier molecular flexibility index (Phi) is 3.83. The molecule has 1 amide bonds. The van der Waals surface area contributed by atoms with E-state index >= 15 is 0 Å². The number of benzene rings is 2. The summed E-state index contributed by atoms with van der Waals surface area (Å²) in [5, 5.41) is 2.84. The molecule has 3 aromatic rings. The second-order valence-electron chi connectivity index (χ2n) is 4.68. The van der Waals surface area contributed by atoms with Gasteiger partial charge in [0.2, 0.25) is 5.91 Å². The molecule has 0 saturated heterocycles. The Labute approximate surface area is 125 Å². The first kappa shape index (κ1) is 13.6. The molecule has 0 radical (unpaired) electrons. The number of hydrogen-bond acceptors (Lipinski definition) is 3. The molecule has 4 nitrogen and oxygen atoms in total. The van der Waals surface area contributed by atoms with Gasteiger partial charge in [0.15, 0.2) is 0 Å². The third-order valence-corrected chi connectivity index (χ3v) is 4.17. The van der Waals surface area contributed by atoms with Crippen molar-refractivity contribution in [2.75, 3.05) is 0 Å². The van der Waals surface area contributed by atoms with E-state index in [-0.39, 0.29) is 17.3 Å². The van der Waals surface area contributed by atoms with Crippen LogP contribution in [0, 0.1) is 0 Å². The third kappa shape index (κ3) is 3.03. The van der Waals surface area contributed by atoms with Crippen molar-refractivity contribution in [1.82, 2.24) is 9.88 Å². The summed E-state index contributed by atoms with van der Waals surface area (Å²) in [5.41, 5.74) is 1.84. The van der Waals surface area contributed by atoms with Gasteiger partial charge in [-0.1, -0.05) is 53.8 Å². The average Bonchev–Trinajstić information content (AvgIpc) is 2.82. The maximum atomic E-state index is 12.0. The van der Waals surface area contributed by atoms with Crippen LogP contribution < -0.4 is 10.2 Å². The summed E-state index contributed by atoms with van der Waals surface area (Å²) in [6, 6.07) is 17.2. The van der Waals surface area contributed by atoms with Crippen LogP contribution >= 0.6 is 11.3 Å². The lowest BCUT2D eigenvalue weighted by Crippen LogP contribution is -2.30. The highest BCUT2D eigenvalue weighted by Gasteiger charge is 2.10. The number of fused-ring (bicyclic) bond motifs is 1. The summed E-state index contributed by atoms with van der Waals surface area (Å²) in [6.45, 7) is 0.520. The van der Waals surface area contributed by atoms with Gasteiger partial charge in [-0.15, -0.1) is 0 Å². The summed E-state index contributed by atoms with van der Waals surface area (Å²) in [6.07, 6.45) is 0. The summed E-state index contributed by atoms with van der Waals surface area (Å²) in [7, 11) is 0. The highest BCUT2D eigenvalue weighted by molar-refractivity contribution is 7.16. The lowest BCUT2D eigenvalue weighted by molar-refractivity contribution is -0.121. The van der Waals surface area contributed by atoms with Crippen molar-refractivity contribution in [3.63, 3.8) is 0 Å². The van der Waals surface area contributed by atoms with Gasteiger partial charge < -0.3 is 5.32 Å². The van der Waals surface area contributed by atoms with Crippen LogP contribution in [0.2, 0.25) is 0 Å². The van der Waals surface area contributed by atoms with E-state index in [9.17, 15) is 9.59 Å². The predicted molar refractivity (Wildman–Crippen MR) is 84.4 cm³/mol. The minimum Gasteiger partial charge on any atom is -0.350 e. The molecule has 1 heterocycles.